The highest BCUT2D eigenvalue weighted by atomic mass is 19.4. The van der Waals surface area contributed by atoms with E-state index in [4.69, 9.17) is 5.11 Å². The molecule has 1 N–H and O–H groups in total. The smallest absolute Gasteiger partial charge is 0.416 e. The molecule has 0 heterocycles. The summed E-state index contributed by atoms with van der Waals surface area (Å²) < 4.78 is 37.9. The molecule has 0 aliphatic heterocycles. The molecule has 0 aliphatic carbocycles. The van der Waals surface area contributed by atoms with Crippen LogP contribution in [0.4, 0.5) is 13.2 Å². The molecule has 0 amide bonds. The van der Waals surface area contributed by atoms with E-state index < -0.39 is 17.7 Å². The van der Waals surface area contributed by atoms with Gasteiger partial charge in [-0.2, -0.15) is 13.2 Å². The molecule has 5 heteroatoms. The van der Waals surface area contributed by atoms with E-state index in [2.05, 4.69) is 0 Å². The Bertz CT molecular complexity index is 502. The van der Waals surface area contributed by atoms with Crippen molar-refractivity contribution in [1.82, 2.24) is 0 Å². The molecule has 0 aliphatic rings. The molecular formula is C14H15F3O2. The molecule has 2 nitrogen and oxygen atoms in total. The average molecular weight is 272 g/mol. The fraction of sp³-hybridized carbons (Fsp3) is 0.357. The van der Waals surface area contributed by atoms with Crippen molar-refractivity contribution in [2.24, 2.45) is 0 Å². The molecule has 0 saturated carbocycles. The lowest BCUT2D eigenvalue weighted by Gasteiger charge is -2.11. The summed E-state index contributed by atoms with van der Waals surface area (Å²) in [4.78, 5) is 10.8. The molecule has 1 aromatic carbocycles. The van der Waals surface area contributed by atoms with Crippen molar-refractivity contribution in [3.8, 4) is 0 Å². The first-order valence-electron chi connectivity index (χ1n) is 5.87. The van der Waals surface area contributed by atoms with E-state index in [1.165, 1.54) is 19.1 Å². The second kappa shape index (κ2) is 5.91. The lowest BCUT2D eigenvalue weighted by Crippen LogP contribution is -2.06. The van der Waals surface area contributed by atoms with Gasteiger partial charge in [-0.15, -0.1) is 0 Å². The Morgan fingerprint density at radius 2 is 2.00 bits per heavy atom. The van der Waals surface area contributed by atoms with E-state index in [1.54, 1.807) is 0 Å². The molecule has 0 unspecified atom stereocenters. The van der Waals surface area contributed by atoms with Gasteiger partial charge in [0.05, 0.1) is 5.56 Å². The maximum Gasteiger partial charge on any atom is 0.416 e. The average Bonchev–Trinajstić information content (AvgIpc) is 2.30. The summed E-state index contributed by atoms with van der Waals surface area (Å²) in [5.41, 5.74) is 0.422. The van der Waals surface area contributed by atoms with Crippen molar-refractivity contribution in [1.29, 1.82) is 0 Å². The first-order chi connectivity index (χ1) is 8.75. The number of halogens is 3. The van der Waals surface area contributed by atoms with E-state index in [0.717, 1.165) is 12.1 Å². The lowest BCUT2D eigenvalue weighted by atomic mass is 9.98. The van der Waals surface area contributed by atoms with Crippen molar-refractivity contribution < 1.29 is 23.1 Å². The minimum Gasteiger partial charge on any atom is -0.478 e. The Hall–Kier alpha value is -1.78. The van der Waals surface area contributed by atoms with Crippen LogP contribution in [0.25, 0.3) is 6.08 Å². The van der Waals surface area contributed by atoms with Crippen LogP contribution >= 0.6 is 0 Å². The molecular weight excluding hydrogens is 257 g/mol. The van der Waals surface area contributed by atoms with Crippen LogP contribution in [0.1, 0.15) is 37.0 Å². The molecule has 0 radical (unpaired) electrons. The van der Waals surface area contributed by atoms with Gasteiger partial charge in [0.1, 0.15) is 0 Å². The molecule has 0 saturated heterocycles. The normalized spacial score (nSPS) is 12.6. The van der Waals surface area contributed by atoms with E-state index in [0.29, 0.717) is 24.0 Å². The molecule has 19 heavy (non-hydrogen) atoms. The lowest BCUT2D eigenvalue weighted by molar-refractivity contribution is -0.137. The molecule has 0 spiro atoms. The number of benzene rings is 1. The molecule has 104 valence electrons. The summed E-state index contributed by atoms with van der Waals surface area (Å²) in [6.07, 6.45) is -1.82. The highest BCUT2D eigenvalue weighted by Crippen LogP contribution is 2.31. The first-order valence-corrected chi connectivity index (χ1v) is 5.87. The zero-order valence-corrected chi connectivity index (χ0v) is 10.7. The third-order valence-electron chi connectivity index (χ3n) is 2.70. The van der Waals surface area contributed by atoms with Gasteiger partial charge in [-0.1, -0.05) is 19.4 Å². The van der Waals surface area contributed by atoms with Gasteiger partial charge in [-0.3, -0.25) is 0 Å². The first kappa shape index (κ1) is 15.3. The maximum absolute atomic E-state index is 12.6. The van der Waals surface area contributed by atoms with Crippen LogP contribution in [-0.2, 0) is 17.4 Å². The fourth-order valence-electron chi connectivity index (χ4n) is 1.70. The largest absolute Gasteiger partial charge is 0.478 e. The van der Waals surface area contributed by atoms with Crippen LogP contribution in [0.3, 0.4) is 0 Å². The number of alkyl halides is 3. The minimum absolute atomic E-state index is 0.0945. The zero-order chi connectivity index (χ0) is 14.6. The van der Waals surface area contributed by atoms with Crippen molar-refractivity contribution >= 4 is 12.0 Å². The van der Waals surface area contributed by atoms with Gasteiger partial charge in [0, 0.05) is 5.57 Å². The SMILES string of the molecule is CCCc1cc(C(F)(F)F)ccc1/C=C(\C)C(=O)O. The van der Waals surface area contributed by atoms with E-state index in [-0.39, 0.29) is 5.57 Å². The number of carbonyl (C=O) groups is 1. The number of hydrogen-bond donors (Lipinski definition) is 1. The number of aliphatic carboxylic acids is 1. The minimum atomic E-state index is -4.38. The van der Waals surface area contributed by atoms with Crippen molar-refractivity contribution in [3.63, 3.8) is 0 Å². The van der Waals surface area contributed by atoms with Crippen LogP contribution in [-0.4, -0.2) is 11.1 Å². The Morgan fingerprint density at radius 3 is 2.47 bits per heavy atom. The summed E-state index contributed by atoms with van der Waals surface area (Å²) in [6.45, 7) is 3.27. The summed E-state index contributed by atoms with van der Waals surface area (Å²) >= 11 is 0. The van der Waals surface area contributed by atoms with Gasteiger partial charge in [-0.05, 0) is 42.7 Å². The van der Waals surface area contributed by atoms with Gasteiger partial charge < -0.3 is 5.11 Å². The summed E-state index contributed by atoms with van der Waals surface area (Å²) in [5, 5.41) is 8.80. The molecule has 0 bridgehead atoms. The summed E-state index contributed by atoms with van der Waals surface area (Å²) in [7, 11) is 0. The monoisotopic (exact) mass is 272 g/mol. The number of carboxylic acids is 1. The topological polar surface area (TPSA) is 37.3 Å². The molecule has 0 aromatic heterocycles. The molecule has 1 rings (SSSR count). The third kappa shape index (κ3) is 4.12. The zero-order valence-electron chi connectivity index (χ0n) is 10.7. The van der Waals surface area contributed by atoms with Crippen LogP contribution in [0.15, 0.2) is 23.8 Å². The van der Waals surface area contributed by atoms with Crippen LogP contribution in [0, 0.1) is 0 Å². The van der Waals surface area contributed by atoms with Gasteiger partial charge >= 0.3 is 12.1 Å². The van der Waals surface area contributed by atoms with E-state index in [1.807, 2.05) is 6.92 Å². The predicted molar refractivity (Wildman–Crippen MR) is 66.7 cm³/mol. The second-order valence-electron chi connectivity index (χ2n) is 4.29. The van der Waals surface area contributed by atoms with Gasteiger partial charge in [0.15, 0.2) is 0 Å². The van der Waals surface area contributed by atoms with Crippen molar-refractivity contribution in [2.75, 3.05) is 0 Å². The van der Waals surface area contributed by atoms with E-state index >= 15 is 0 Å². The summed E-state index contributed by atoms with van der Waals surface area (Å²) in [6, 6.07) is 3.38. The Kier molecular flexibility index (Phi) is 4.75. The van der Waals surface area contributed by atoms with Gasteiger partial charge in [0.25, 0.3) is 0 Å². The Labute approximate surface area is 109 Å². The molecule has 0 fully saturated rings. The van der Waals surface area contributed by atoms with Crippen LogP contribution in [0.5, 0.6) is 0 Å². The maximum atomic E-state index is 12.6. The second-order valence-corrected chi connectivity index (χ2v) is 4.29. The molecule has 0 atom stereocenters. The molecule has 1 aromatic rings. The quantitative estimate of drug-likeness (QED) is 0.836. The highest BCUT2D eigenvalue weighted by molar-refractivity contribution is 5.91. The predicted octanol–water partition coefficient (Wildman–Crippen LogP) is 4.15. The number of hydrogen-bond acceptors (Lipinski definition) is 1. The highest BCUT2D eigenvalue weighted by Gasteiger charge is 2.30. The van der Waals surface area contributed by atoms with E-state index in [9.17, 15) is 18.0 Å². The van der Waals surface area contributed by atoms with Gasteiger partial charge in [-0.25, -0.2) is 4.79 Å². The number of carboxylic acid groups (broad SMARTS) is 1. The standard InChI is InChI=1S/C14H15F3O2/c1-3-4-10-8-12(14(15,16)17)6-5-11(10)7-9(2)13(18)19/h5-8H,3-4H2,1-2H3,(H,18,19)/b9-7+. The Morgan fingerprint density at radius 1 is 1.37 bits per heavy atom. The van der Waals surface area contributed by atoms with Crippen molar-refractivity contribution in [2.45, 2.75) is 32.9 Å². The number of aryl methyl sites for hydroxylation is 1. The van der Waals surface area contributed by atoms with Gasteiger partial charge in [0.2, 0.25) is 0 Å². The summed E-state index contributed by atoms with van der Waals surface area (Å²) in [5.74, 6) is -1.08. The van der Waals surface area contributed by atoms with Crippen LogP contribution < -0.4 is 0 Å². The van der Waals surface area contributed by atoms with Crippen molar-refractivity contribution in [3.05, 3.63) is 40.5 Å². The third-order valence-corrected chi connectivity index (χ3v) is 2.70. The van der Waals surface area contributed by atoms with Crippen LogP contribution in [0.2, 0.25) is 0 Å². The Balaban J connectivity index is 3.26. The fourth-order valence-corrected chi connectivity index (χ4v) is 1.70. The number of rotatable bonds is 4.